The molecule has 2 heteroatoms. The molecule has 0 spiro atoms. The standard InChI is InChI=1S/C12H18O2/c1-12(2,3)11-6-5-10(14-4)7-9(11)8-13/h5-7,13H,8H2,1-4H3. The highest BCUT2D eigenvalue weighted by molar-refractivity contribution is 5.38. The van der Waals surface area contributed by atoms with Crippen molar-refractivity contribution in [2.75, 3.05) is 7.11 Å². The quantitative estimate of drug-likeness (QED) is 0.783. The van der Waals surface area contributed by atoms with Gasteiger partial charge in [-0.15, -0.1) is 0 Å². The number of aliphatic hydroxyl groups excluding tert-OH is 1. The fourth-order valence-corrected chi connectivity index (χ4v) is 1.56. The third-order valence-electron chi connectivity index (χ3n) is 2.29. The van der Waals surface area contributed by atoms with Crippen molar-refractivity contribution in [2.24, 2.45) is 0 Å². The molecule has 0 amide bonds. The summed E-state index contributed by atoms with van der Waals surface area (Å²) < 4.78 is 5.11. The molecule has 1 aromatic rings. The van der Waals surface area contributed by atoms with E-state index in [4.69, 9.17) is 4.74 Å². The van der Waals surface area contributed by atoms with E-state index in [1.54, 1.807) is 7.11 Å². The van der Waals surface area contributed by atoms with E-state index in [9.17, 15) is 5.11 Å². The van der Waals surface area contributed by atoms with Crippen LogP contribution < -0.4 is 4.74 Å². The lowest BCUT2D eigenvalue weighted by atomic mass is 9.84. The second kappa shape index (κ2) is 4.01. The Bertz CT molecular complexity index is 311. The molecule has 1 N–H and O–H groups in total. The molecule has 0 aliphatic rings. The lowest BCUT2D eigenvalue weighted by Gasteiger charge is -2.22. The van der Waals surface area contributed by atoms with Crippen LogP contribution in [0.3, 0.4) is 0 Å². The van der Waals surface area contributed by atoms with E-state index < -0.39 is 0 Å². The largest absolute Gasteiger partial charge is 0.497 e. The molecule has 2 nitrogen and oxygen atoms in total. The molecule has 0 unspecified atom stereocenters. The summed E-state index contributed by atoms with van der Waals surface area (Å²) in [6.07, 6.45) is 0. The van der Waals surface area contributed by atoms with Crippen molar-refractivity contribution in [1.82, 2.24) is 0 Å². The van der Waals surface area contributed by atoms with Crippen LogP contribution in [-0.4, -0.2) is 12.2 Å². The smallest absolute Gasteiger partial charge is 0.119 e. The minimum atomic E-state index is 0.0593. The summed E-state index contributed by atoms with van der Waals surface area (Å²) in [4.78, 5) is 0. The average molecular weight is 194 g/mol. The third-order valence-corrected chi connectivity index (χ3v) is 2.29. The van der Waals surface area contributed by atoms with Gasteiger partial charge in [-0.25, -0.2) is 0 Å². The Morgan fingerprint density at radius 2 is 1.93 bits per heavy atom. The summed E-state index contributed by atoms with van der Waals surface area (Å²) in [5, 5.41) is 9.25. The number of methoxy groups -OCH3 is 1. The Morgan fingerprint density at radius 1 is 1.29 bits per heavy atom. The van der Waals surface area contributed by atoms with Gasteiger partial charge in [0, 0.05) is 0 Å². The normalized spacial score (nSPS) is 11.5. The highest BCUT2D eigenvalue weighted by atomic mass is 16.5. The lowest BCUT2D eigenvalue weighted by molar-refractivity contribution is 0.277. The van der Waals surface area contributed by atoms with Gasteiger partial charge >= 0.3 is 0 Å². The van der Waals surface area contributed by atoms with Crippen LogP contribution in [0.4, 0.5) is 0 Å². The van der Waals surface area contributed by atoms with E-state index in [0.29, 0.717) is 0 Å². The average Bonchev–Trinajstić information content (AvgIpc) is 2.15. The molecule has 0 aliphatic carbocycles. The summed E-state index contributed by atoms with van der Waals surface area (Å²) in [5.41, 5.74) is 2.17. The van der Waals surface area contributed by atoms with E-state index in [0.717, 1.165) is 11.3 Å². The van der Waals surface area contributed by atoms with Crippen LogP contribution in [0.15, 0.2) is 18.2 Å². The molecular formula is C12H18O2. The molecule has 0 aromatic heterocycles. The van der Waals surface area contributed by atoms with Crippen molar-refractivity contribution >= 4 is 0 Å². The number of ether oxygens (including phenoxy) is 1. The minimum absolute atomic E-state index is 0.0593. The van der Waals surface area contributed by atoms with Crippen LogP contribution in [0.1, 0.15) is 31.9 Å². The van der Waals surface area contributed by atoms with E-state index in [1.165, 1.54) is 5.56 Å². The molecule has 0 fully saturated rings. The van der Waals surface area contributed by atoms with Gasteiger partial charge in [0.1, 0.15) is 5.75 Å². The first-order valence-corrected chi connectivity index (χ1v) is 4.77. The zero-order valence-electron chi connectivity index (χ0n) is 9.29. The Labute approximate surface area is 85.5 Å². The van der Waals surface area contributed by atoms with Gasteiger partial charge < -0.3 is 9.84 Å². The van der Waals surface area contributed by atoms with Gasteiger partial charge in [-0.05, 0) is 28.7 Å². The second-order valence-electron chi connectivity index (χ2n) is 4.43. The third kappa shape index (κ3) is 2.26. The number of aliphatic hydroxyl groups is 1. The van der Waals surface area contributed by atoms with Crippen molar-refractivity contribution in [1.29, 1.82) is 0 Å². The maximum atomic E-state index is 9.25. The second-order valence-corrected chi connectivity index (χ2v) is 4.43. The molecule has 0 aliphatic heterocycles. The van der Waals surface area contributed by atoms with Crippen molar-refractivity contribution < 1.29 is 9.84 Å². The van der Waals surface area contributed by atoms with Gasteiger partial charge in [-0.2, -0.15) is 0 Å². The molecular weight excluding hydrogens is 176 g/mol. The zero-order valence-corrected chi connectivity index (χ0v) is 9.29. The Kier molecular flexibility index (Phi) is 3.17. The molecule has 0 heterocycles. The topological polar surface area (TPSA) is 29.5 Å². The molecule has 0 saturated heterocycles. The van der Waals surface area contributed by atoms with Crippen molar-refractivity contribution in [2.45, 2.75) is 32.8 Å². The Hall–Kier alpha value is -1.02. The molecule has 0 bridgehead atoms. The van der Waals surface area contributed by atoms with Gasteiger partial charge in [-0.3, -0.25) is 0 Å². The molecule has 0 saturated carbocycles. The van der Waals surface area contributed by atoms with Crippen molar-refractivity contribution in [3.05, 3.63) is 29.3 Å². The van der Waals surface area contributed by atoms with Crippen LogP contribution in [-0.2, 0) is 12.0 Å². The predicted molar refractivity (Wildman–Crippen MR) is 57.6 cm³/mol. The van der Waals surface area contributed by atoms with Crippen LogP contribution in [0.2, 0.25) is 0 Å². The fraction of sp³-hybridized carbons (Fsp3) is 0.500. The maximum absolute atomic E-state index is 9.25. The highest BCUT2D eigenvalue weighted by Gasteiger charge is 2.17. The number of hydrogen-bond donors (Lipinski definition) is 1. The number of rotatable bonds is 2. The van der Waals surface area contributed by atoms with Crippen LogP contribution in [0, 0.1) is 0 Å². The summed E-state index contributed by atoms with van der Waals surface area (Å²) in [6.45, 7) is 6.46. The van der Waals surface area contributed by atoms with Crippen molar-refractivity contribution in [3.63, 3.8) is 0 Å². The van der Waals surface area contributed by atoms with Crippen LogP contribution >= 0.6 is 0 Å². The maximum Gasteiger partial charge on any atom is 0.119 e. The Morgan fingerprint density at radius 3 is 2.36 bits per heavy atom. The molecule has 1 aromatic carbocycles. The van der Waals surface area contributed by atoms with Gasteiger partial charge in [0.15, 0.2) is 0 Å². The van der Waals surface area contributed by atoms with Crippen LogP contribution in [0.25, 0.3) is 0 Å². The van der Waals surface area contributed by atoms with Gasteiger partial charge in [0.2, 0.25) is 0 Å². The number of benzene rings is 1. The first-order chi connectivity index (χ1) is 6.49. The molecule has 0 radical (unpaired) electrons. The predicted octanol–water partition coefficient (Wildman–Crippen LogP) is 2.49. The first-order valence-electron chi connectivity index (χ1n) is 4.77. The lowest BCUT2D eigenvalue weighted by Crippen LogP contribution is -2.14. The summed E-state index contributed by atoms with van der Waals surface area (Å²) in [7, 11) is 1.63. The van der Waals surface area contributed by atoms with E-state index >= 15 is 0 Å². The SMILES string of the molecule is COc1ccc(C(C)(C)C)c(CO)c1. The monoisotopic (exact) mass is 194 g/mol. The van der Waals surface area contributed by atoms with Gasteiger partial charge in [0.25, 0.3) is 0 Å². The van der Waals surface area contributed by atoms with E-state index in [-0.39, 0.29) is 12.0 Å². The molecule has 78 valence electrons. The van der Waals surface area contributed by atoms with Gasteiger partial charge in [-0.1, -0.05) is 26.8 Å². The minimum Gasteiger partial charge on any atom is -0.497 e. The van der Waals surface area contributed by atoms with E-state index in [1.807, 2.05) is 18.2 Å². The van der Waals surface area contributed by atoms with Crippen LogP contribution in [0.5, 0.6) is 5.75 Å². The first kappa shape index (κ1) is 11.1. The van der Waals surface area contributed by atoms with Gasteiger partial charge in [0.05, 0.1) is 13.7 Å². The molecule has 14 heavy (non-hydrogen) atoms. The number of hydrogen-bond acceptors (Lipinski definition) is 2. The summed E-state index contributed by atoms with van der Waals surface area (Å²) >= 11 is 0. The van der Waals surface area contributed by atoms with Crippen molar-refractivity contribution in [3.8, 4) is 5.75 Å². The van der Waals surface area contributed by atoms with E-state index in [2.05, 4.69) is 20.8 Å². The Balaban J connectivity index is 3.18. The highest BCUT2D eigenvalue weighted by Crippen LogP contribution is 2.28. The molecule has 1 rings (SSSR count). The zero-order chi connectivity index (χ0) is 10.8. The summed E-state index contributed by atoms with van der Waals surface area (Å²) in [5.74, 6) is 0.794. The summed E-state index contributed by atoms with van der Waals surface area (Å²) in [6, 6.07) is 5.84. The fourth-order valence-electron chi connectivity index (χ4n) is 1.56. The molecule has 0 atom stereocenters.